The number of methoxy groups -OCH3 is 1. The topological polar surface area (TPSA) is 55.5 Å². The minimum atomic E-state index is 0. The maximum Gasteiger partial charge on any atom is 0.134 e. The number of halogens is 1. The molecule has 7 heteroatoms. The summed E-state index contributed by atoms with van der Waals surface area (Å²) in [6, 6.07) is 8.26. The largest absolute Gasteiger partial charge is 0.497 e. The molecule has 1 aliphatic rings. The second-order valence-corrected chi connectivity index (χ2v) is 6.20. The van der Waals surface area contributed by atoms with Crippen LogP contribution in [0, 0.1) is 0 Å². The van der Waals surface area contributed by atoms with Crippen LogP contribution in [0.4, 0.5) is 0 Å². The third kappa shape index (κ3) is 3.51. The minimum Gasteiger partial charge on any atom is -0.497 e. The van der Waals surface area contributed by atoms with Crippen molar-refractivity contribution in [3.05, 3.63) is 48.2 Å². The van der Waals surface area contributed by atoms with E-state index < -0.39 is 0 Å². The van der Waals surface area contributed by atoms with Gasteiger partial charge < -0.3 is 19.0 Å². The molecule has 2 aromatic heterocycles. The maximum atomic E-state index is 6.02. The van der Waals surface area contributed by atoms with Crippen LogP contribution in [-0.4, -0.2) is 41.2 Å². The summed E-state index contributed by atoms with van der Waals surface area (Å²) >= 11 is 0. The van der Waals surface area contributed by atoms with E-state index in [2.05, 4.69) is 25.8 Å². The molecular weight excluding hydrogens is 340 g/mol. The molecule has 0 saturated carbocycles. The summed E-state index contributed by atoms with van der Waals surface area (Å²) in [7, 11) is 3.73. The molecule has 3 heterocycles. The van der Waals surface area contributed by atoms with Crippen molar-refractivity contribution in [3.63, 3.8) is 0 Å². The first-order valence-electron chi connectivity index (χ1n) is 8.23. The molecule has 134 valence electrons. The molecule has 6 nitrogen and oxygen atoms in total. The molecule has 0 bridgehead atoms. The molecule has 0 aliphatic carbocycles. The third-order valence-corrected chi connectivity index (χ3v) is 4.64. The zero-order valence-electron chi connectivity index (χ0n) is 14.4. The van der Waals surface area contributed by atoms with Gasteiger partial charge in [0.05, 0.1) is 19.7 Å². The van der Waals surface area contributed by atoms with Gasteiger partial charge in [-0.25, -0.2) is 4.98 Å². The van der Waals surface area contributed by atoms with Gasteiger partial charge in [0, 0.05) is 44.5 Å². The molecule has 1 unspecified atom stereocenters. The molecule has 1 aliphatic heterocycles. The Kier molecular flexibility index (Phi) is 5.32. The second-order valence-electron chi connectivity index (χ2n) is 6.20. The lowest BCUT2D eigenvalue weighted by atomic mass is 10.1. The Morgan fingerprint density at radius 2 is 2.24 bits per heavy atom. The number of nitrogens with one attached hydrogen (secondary N) is 1. The lowest BCUT2D eigenvalue weighted by Gasteiger charge is -2.35. The molecule has 0 radical (unpaired) electrons. The van der Waals surface area contributed by atoms with Crippen LogP contribution < -0.4 is 10.1 Å². The highest BCUT2D eigenvalue weighted by Gasteiger charge is 2.27. The first-order valence-corrected chi connectivity index (χ1v) is 8.23. The Morgan fingerprint density at radius 3 is 3.00 bits per heavy atom. The summed E-state index contributed by atoms with van der Waals surface area (Å²) in [5.74, 6) is 2.90. The summed E-state index contributed by atoms with van der Waals surface area (Å²) in [5, 5.41) is 4.54. The van der Waals surface area contributed by atoms with E-state index in [0.29, 0.717) is 0 Å². The fourth-order valence-corrected chi connectivity index (χ4v) is 3.37. The molecule has 3 aromatic rings. The van der Waals surface area contributed by atoms with Gasteiger partial charge in [-0.1, -0.05) is 0 Å². The van der Waals surface area contributed by atoms with Gasteiger partial charge in [-0.15, -0.1) is 12.4 Å². The fraction of sp³-hybridized carbons (Fsp3) is 0.389. The molecule has 1 saturated heterocycles. The van der Waals surface area contributed by atoms with Gasteiger partial charge in [-0.2, -0.15) is 0 Å². The van der Waals surface area contributed by atoms with Gasteiger partial charge in [0.25, 0.3) is 0 Å². The van der Waals surface area contributed by atoms with Crippen molar-refractivity contribution in [2.24, 2.45) is 7.05 Å². The highest BCUT2D eigenvalue weighted by molar-refractivity contribution is 5.85. The fourth-order valence-electron chi connectivity index (χ4n) is 3.37. The number of fused-ring (bicyclic) bond motifs is 1. The van der Waals surface area contributed by atoms with Crippen molar-refractivity contribution < 1.29 is 9.15 Å². The maximum absolute atomic E-state index is 6.02. The molecule has 1 atom stereocenters. The molecule has 1 N–H and O–H groups in total. The van der Waals surface area contributed by atoms with E-state index in [4.69, 9.17) is 9.15 Å². The lowest BCUT2D eigenvalue weighted by Crippen LogP contribution is -2.46. The number of aryl methyl sites for hydroxylation is 1. The Bertz CT molecular complexity index is 845. The van der Waals surface area contributed by atoms with Crippen molar-refractivity contribution >= 4 is 23.4 Å². The number of nitrogens with zero attached hydrogens (tertiary/aromatic N) is 3. The average molecular weight is 363 g/mol. The van der Waals surface area contributed by atoms with E-state index in [0.717, 1.165) is 54.5 Å². The van der Waals surface area contributed by atoms with E-state index in [9.17, 15) is 0 Å². The number of piperazine rings is 1. The highest BCUT2D eigenvalue weighted by Crippen LogP contribution is 2.27. The molecule has 0 spiro atoms. The van der Waals surface area contributed by atoms with Crippen molar-refractivity contribution in [2.45, 2.75) is 12.6 Å². The smallest absolute Gasteiger partial charge is 0.134 e. The third-order valence-electron chi connectivity index (χ3n) is 4.64. The van der Waals surface area contributed by atoms with Gasteiger partial charge in [0.1, 0.15) is 22.9 Å². The second kappa shape index (κ2) is 7.47. The molecule has 1 fully saturated rings. The number of hydrogen-bond acceptors (Lipinski definition) is 5. The van der Waals surface area contributed by atoms with Crippen LogP contribution in [-0.2, 0) is 13.6 Å². The molecule has 25 heavy (non-hydrogen) atoms. The minimum absolute atomic E-state index is 0. The normalized spacial score (nSPS) is 18.2. The Morgan fingerprint density at radius 1 is 1.36 bits per heavy atom. The van der Waals surface area contributed by atoms with Gasteiger partial charge in [-0.05, 0) is 24.3 Å². The van der Waals surface area contributed by atoms with Crippen LogP contribution >= 0.6 is 12.4 Å². The van der Waals surface area contributed by atoms with Crippen LogP contribution in [0.3, 0.4) is 0 Å². The summed E-state index contributed by atoms with van der Waals surface area (Å²) in [5.41, 5.74) is 0.898. The number of aromatic nitrogens is 2. The van der Waals surface area contributed by atoms with Gasteiger partial charge >= 0.3 is 0 Å². The van der Waals surface area contributed by atoms with E-state index >= 15 is 0 Å². The zero-order valence-corrected chi connectivity index (χ0v) is 15.3. The van der Waals surface area contributed by atoms with Crippen LogP contribution in [0.5, 0.6) is 5.75 Å². The van der Waals surface area contributed by atoms with Crippen molar-refractivity contribution in [1.82, 2.24) is 19.8 Å². The summed E-state index contributed by atoms with van der Waals surface area (Å²) < 4.78 is 13.4. The summed E-state index contributed by atoms with van der Waals surface area (Å²) in [6.07, 6.45) is 3.85. The van der Waals surface area contributed by atoms with Crippen molar-refractivity contribution in [1.29, 1.82) is 0 Å². The van der Waals surface area contributed by atoms with Gasteiger partial charge in [-0.3, -0.25) is 4.90 Å². The van der Waals surface area contributed by atoms with Crippen LogP contribution in [0.1, 0.15) is 17.6 Å². The van der Waals surface area contributed by atoms with Crippen LogP contribution in [0.15, 0.2) is 41.1 Å². The Balaban J connectivity index is 0.00000182. The Labute approximate surface area is 153 Å². The summed E-state index contributed by atoms with van der Waals surface area (Å²) in [4.78, 5) is 6.96. The quantitative estimate of drug-likeness (QED) is 0.773. The molecular formula is C18H23ClN4O2. The Hall–Kier alpha value is -2.02. The van der Waals surface area contributed by atoms with Gasteiger partial charge in [0.15, 0.2) is 0 Å². The van der Waals surface area contributed by atoms with Crippen LogP contribution in [0.25, 0.3) is 11.0 Å². The molecule has 0 amide bonds. The number of furan rings is 1. The molecule has 4 rings (SSSR count). The van der Waals surface area contributed by atoms with E-state index in [1.54, 1.807) is 7.11 Å². The molecule has 1 aromatic carbocycles. The number of rotatable bonds is 4. The lowest BCUT2D eigenvalue weighted by molar-refractivity contribution is 0.135. The zero-order chi connectivity index (χ0) is 16.5. The SMILES string of the molecule is COc1ccc2oc(CN3CCNCC3c3nccn3C)cc2c1.Cl. The van der Waals surface area contributed by atoms with Crippen molar-refractivity contribution in [3.8, 4) is 5.75 Å². The number of ether oxygens (including phenoxy) is 1. The number of hydrogen-bond donors (Lipinski definition) is 1. The van der Waals surface area contributed by atoms with E-state index in [1.165, 1.54) is 0 Å². The van der Waals surface area contributed by atoms with Crippen molar-refractivity contribution in [2.75, 3.05) is 26.7 Å². The highest BCUT2D eigenvalue weighted by atomic mass is 35.5. The van der Waals surface area contributed by atoms with E-state index in [-0.39, 0.29) is 18.4 Å². The van der Waals surface area contributed by atoms with Crippen LogP contribution in [0.2, 0.25) is 0 Å². The monoisotopic (exact) mass is 362 g/mol. The first-order chi connectivity index (χ1) is 11.7. The predicted molar refractivity (Wildman–Crippen MR) is 99.2 cm³/mol. The van der Waals surface area contributed by atoms with Gasteiger partial charge in [0.2, 0.25) is 0 Å². The first kappa shape index (κ1) is 17.8. The van der Waals surface area contributed by atoms with E-state index in [1.807, 2.05) is 37.6 Å². The number of imidazole rings is 1. The average Bonchev–Trinajstić information content (AvgIpc) is 3.20. The number of benzene rings is 1. The summed E-state index contributed by atoms with van der Waals surface area (Å²) in [6.45, 7) is 3.63. The standard InChI is InChI=1S/C18H22N4O2.ClH/c1-21-7-6-20-18(21)16-11-19-5-8-22(16)12-15-10-13-9-14(23-2)3-4-17(13)24-15;/h3-4,6-7,9-10,16,19H,5,8,11-12H2,1-2H3;1H. The predicted octanol–water partition coefficient (Wildman–Crippen LogP) is 2.74.